The van der Waals surface area contributed by atoms with Crippen molar-refractivity contribution in [1.29, 1.82) is 0 Å². The molecule has 4 heteroatoms. The van der Waals surface area contributed by atoms with Crippen LogP contribution in [-0.2, 0) is 0 Å². The number of aryl methyl sites for hydroxylation is 1. The van der Waals surface area contributed by atoms with Crippen LogP contribution in [0.15, 0.2) is 90.0 Å². The molecule has 5 rings (SSSR count). The molecule has 0 aliphatic carbocycles. The van der Waals surface area contributed by atoms with Crippen molar-refractivity contribution >= 4 is 50.0 Å². The van der Waals surface area contributed by atoms with Crippen molar-refractivity contribution in [3.63, 3.8) is 0 Å². The minimum absolute atomic E-state index is 0.997. The fourth-order valence-corrected chi connectivity index (χ4v) is 5.07. The molecule has 136 valence electrons. The fraction of sp³-hybridized carbons (Fsp3) is 0.0417. The summed E-state index contributed by atoms with van der Waals surface area (Å²) in [5, 5.41) is 2.46. The molecule has 2 nitrogen and oxygen atoms in total. The first-order chi connectivity index (χ1) is 13.8. The van der Waals surface area contributed by atoms with Gasteiger partial charge in [-0.25, -0.2) is 0 Å². The van der Waals surface area contributed by atoms with E-state index < -0.39 is 0 Å². The van der Waals surface area contributed by atoms with Crippen LogP contribution in [0.1, 0.15) is 5.56 Å². The molecule has 0 saturated heterocycles. The quantitative estimate of drug-likeness (QED) is 0.316. The third-order valence-corrected chi connectivity index (χ3v) is 6.74. The summed E-state index contributed by atoms with van der Waals surface area (Å²) in [4.78, 5) is 7.13. The molecule has 28 heavy (non-hydrogen) atoms. The Morgan fingerprint density at radius 3 is 2.61 bits per heavy atom. The minimum Gasteiger partial charge on any atom is -0.324 e. The lowest BCUT2D eigenvalue weighted by atomic mass is 10.1. The molecular formula is C24H18N2S2. The number of fused-ring (bicyclic) bond motifs is 2. The predicted molar refractivity (Wildman–Crippen MR) is 123 cm³/mol. The molecule has 0 aliphatic rings. The molecule has 0 atom stereocenters. The third-order valence-electron chi connectivity index (χ3n) is 4.76. The molecule has 0 amide bonds. The van der Waals surface area contributed by atoms with Gasteiger partial charge in [-0.15, -0.1) is 11.3 Å². The Balaban J connectivity index is 1.54. The van der Waals surface area contributed by atoms with Crippen LogP contribution in [0, 0.1) is 6.92 Å². The van der Waals surface area contributed by atoms with Gasteiger partial charge in [0, 0.05) is 31.6 Å². The zero-order valence-electron chi connectivity index (χ0n) is 15.3. The van der Waals surface area contributed by atoms with Gasteiger partial charge >= 0.3 is 0 Å². The maximum atomic E-state index is 4.68. The van der Waals surface area contributed by atoms with Gasteiger partial charge in [0.15, 0.2) is 0 Å². The molecule has 0 radical (unpaired) electrons. The summed E-state index contributed by atoms with van der Waals surface area (Å²) in [6.07, 6.45) is 1.86. The first-order valence-electron chi connectivity index (χ1n) is 9.14. The van der Waals surface area contributed by atoms with Crippen molar-refractivity contribution in [1.82, 2.24) is 4.98 Å². The lowest BCUT2D eigenvalue weighted by Gasteiger charge is -2.11. The van der Waals surface area contributed by atoms with Crippen molar-refractivity contribution in [3.8, 4) is 10.4 Å². The molecule has 2 heterocycles. The Hall–Kier alpha value is -2.82. The third kappa shape index (κ3) is 3.26. The predicted octanol–water partition coefficient (Wildman–Crippen LogP) is 7.54. The van der Waals surface area contributed by atoms with E-state index in [4.69, 9.17) is 0 Å². The lowest BCUT2D eigenvalue weighted by molar-refractivity contribution is 1.38. The van der Waals surface area contributed by atoms with E-state index in [0.717, 1.165) is 11.2 Å². The second-order valence-electron chi connectivity index (χ2n) is 6.73. The first-order valence-corrected chi connectivity index (χ1v) is 10.8. The Kier molecular flexibility index (Phi) is 4.51. The van der Waals surface area contributed by atoms with E-state index in [2.05, 4.69) is 89.4 Å². The summed E-state index contributed by atoms with van der Waals surface area (Å²) >= 11 is 3.44. The minimum atomic E-state index is 0.997. The normalized spacial score (nSPS) is 11.2. The van der Waals surface area contributed by atoms with Crippen LogP contribution in [0.4, 0.5) is 5.69 Å². The summed E-state index contributed by atoms with van der Waals surface area (Å²) in [7, 11) is 0. The Morgan fingerprint density at radius 1 is 0.893 bits per heavy atom. The maximum Gasteiger partial charge on any atom is 0.0948 e. The number of thiophene rings is 1. The molecule has 0 bridgehead atoms. The van der Waals surface area contributed by atoms with Gasteiger partial charge < -0.3 is 4.72 Å². The number of nitrogens with zero attached hydrogens (tertiary/aromatic N) is 1. The van der Waals surface area contributed by atoms with E-state index in [1.807, 2.05) is 23.6 Å². The number of anilines is 1. The monoisotopic (exact) mass is 398 g/mol. The zero-order chi connectivity index (χ0) is 18.9. The van der Waals surface area contributed by atoms with Gasteiger partial charge in [-0.2, -0.15) is 0 Å². The Bertz CT molecular complexity index is 1240. The Labute approximate surface area is 172 Å². The van der Waals surface area contributed by atoms with E-state index >= 15 is 0 Å². The first kappa shape index (κ1) is 17.3. The van der Waals surface area contributed by atoms with Crippen molar-refractivity contribution in [2.24, 2.45) is 0 Å². The standard InChI is InChI=1S/C24H18N2S2/c1-16-8-10-18(11-9-16)28-26-21-13-12-19(20-6-4-14-25-24(20)21)23-15-17-5-2-3-7-22(17)27-23/h2-15,26H,1H3. The van der Waals surface area contributed by atoms with Gasteiger partial charge in [0.05, 0.1) is 11.2 Å². The summed E-state index contributed by atoms with van der Waals surface area (Å²) in [5.41, 5.74) is 4.53. The number of nitrogens with one attached hydrogen (secondary N) is 1. The van der Waals surface area contributed by atoms with E-state index in [1.54, 1.807) is 11.9 Å². The molecule has 5 aromatic rings. The van der Waals surface area contributed by atoms with Crippen LogP contribution in [0.3, 0.4) is 0 Å². The number of hydrogen-bond acceptors (Lipinski definition) is 4. The highest BCUT2D eigenvalue weighted by molar-refractivity contribution is 8.00. The van der Waals surface area contributed by atoms with Gasteiger partial charge in [0.25, 0.3) is 0 Å². The van der Waals surface area contributed by atoms with Crippen LogP contribution < -0.4 is 4.72 Å². The average molecular weight is 399 g/mol. The molecule has 2 aromatic heterocycles. The topological polar surface area (TPSA) is 24.9 Å². The van der Waals surface area contributed by atoms with Crippen molar-refractivity contribution in [3.05, 3.63) is 90.6 Å². The van der Waals surface area contributed by atoms with Crippen LogP contribution in [0.25, 0.3) is 31.4 Å². The summed E-state index contributed by atoms with van der Waals surface area (Å²) in [6, 6.07) is 27.8. The van der Waals surface area contributed by atoms with Crippen LogP contribution >= 0.6 is 23.3 Å². The molecule has 3 aromatic carbocycles. The molecule has 0 aliphatic heterocycles. The second-order valence-corrected chi connectivity index (χ2v) is 8.69. The summed E-state index contributed by atoms with van der Waals surface area (Å²) in [5.74, 6) is 0. The number of aromatic nitrogens is 1. The van der Waals surface area contributed by atoms with Gasteiger partial charge in [-0.3, -0.25) is 4.98 Å². The van der Waals surface area contributed by atoms with E-state index in [-0.39, 0.29) is 0 Å². The Morgan fingerprint density at radius 2 is 1.75 bits per heavy atom. The maximum absolute atomic E-state index is 4.68. The lowest BCUT2D eigenvalue weighted by Crippen LogP contribution is -1.91. The van der Waals surface area contributed by atoms with E-state index in [0.29, 0.717) is 0 Å². The van der Waals surface area contributed by atoms with Gasteiger partial charge in [-0.05, 0) is 60.7 Å². The van der Waals surface area contributed by atoms with Crippen molar-refractivity contribution in [2.75, 3.05) is 4.72 Å². The highest BCUT2D eigenvalue weighted by Crippen LogP contribution is 2.39. The fourth-order valence-electron chi connectivity index (χ4n) is 3.30. The molecule has 0 spiro atoms. The van der Waals surface area contributed by atoms with Crippen molar-refractivity contribution in [2.45, 2.75) is 11.8 Å². The van der Waals surface area contributed by atoms with Crippen LogP contribution in [-0.4, -0.2) is 4.98 Å². The number of benzene rings is 3. The van der Waals surface area contributed by atoms with Gasteiger partial charge in [0.2, 0.25) is 0 Å². The smallest absolute Gasteiger partial charge is 0.0948 e. The highest BCUT2D eigenvalue weighted by atomic mass is 32.2. The summed E-state index contributed by atoms with van der Waals surface area (Å²) in [6.45, 7) is 2.10. The molecule has 1 N–H and O–H groups in total. The van der Waals surface area contributed by atoms with Gasteiger partial charge in [-0.1, -0.05) is 48.0 Å². The molecule has 0 saturated carbocycles. The zero-order valence-corrected chi connectivity index (χ0v) is 17.0. The van der Waals surface area contributed by atoms with E-state index in [9.17, 15) is 0 Å². The van der Waals surface area contributed by atoms with Crippen LogP contribution in [0.2, 0.25) is 0 Å². The number of hydrogen-bond donors (Lipinski definition) is 1. The molecular weight excluding hydrogens is 380 g/mol. The average Bonchev–Trinajstić information content (AvgIpc) is 3.17. The highest BCUT2D eigenvalue weighted by Gasteiger charge is 2.11. The van der Waals surface area contributed by atoms with Crippen molar-refractivity contribution < 1.29 is 0 Å². The number of pyridine rings is 1. The second kappa shape index (κ2) is 7.30. The van der Waals surface area contributed by atoms with Crippen LogP contribution in [0.5, 0.6) is 0 Å². The summed E-state index contributed by atoms with van der Waals surface area (Å²) < 4.78 is 4.80. The van der Waals surface area contributed by atoms with Gasteiger partial charge in [0.1, 0.15) is 0 Å². The number of rotatable bonds is 4. The molecule has 0 fully saturated rings. The molecule has 0 unspecified atom stereocenters. The van der Waals surface area contributed by atoms with E-state index in [1.165, 1.54) is 36.4 Å². The largest absolute Gasteiger partial charge is 0.324 e. The SMILES string of the molecule is Cc1ccc(SNc2ccc(-c3cc4ccccc4s3)c3cccnc23)cc1.